The van der Waals surface area contributed by atoms with E-state index >= 15 is 0 Å². The van der Waals surface area contributed by atoms with Crippen molar-refractivity contribution >= 4 is 165 Å². The molecule has 0 fully saturated rings. The predicted octanol–water partition coefficient (Wildman–Crippen LogP) is -2.23. The molecule has 8 nitrogen and oxygen atoms in total. The molecule has 0 aromatic carbocycles. The van der Waals surface area contributed by atoms with Crippen LogP contribution in [0.5, 0.6) is 0 Å². The fourth-order valence-electron chi connectivity index (χ4n) is 1.00. The molecular formula is H16B6IN8S12-. The van der Waals surface area contributed by atoms with Gasteiger partial charge < -0.3 is 0 Å². The molecule has 0 saturated heterocycles. The molecule has 0 aromatic heterocycles. The molecule has 0 aliphatic rings. The number of halogens is 1. The SMILES string of the molecule is NSB(SN)SB(SB(SN)SN)[I-]B(SB(SN)SN)SB(SN)SN. The van der Waals surface area contributed by atoms with E-state index in [1.54, 1.807) is 45.9 Å². The zero-order valence-electron chi connectivity index (χ0n) is 13.4. The first-order valence-electron chi connectivity index (χ1n) is 6.09. The van der Waals surface area contributed by atoms with Gasteiger partial charge in [0.05, 0.1) is 0 Å². The van der Waals surface area contributed by atoms with Crippen molar-refractivity contribution in [1.82, 2.24) is 0 Å². The van der Waals surface area contributed by atoms with E-state index in [1.807, 2.05) is 0 Å². The fourth-order valence-corrected chi connectivity index (χ4v) is 26.5. The van der Waals surface area contributed by atoms with E-state index in [2.05, 4.69) is 0 Å². The molecule has 0 rings (SSSR count). The topological polar surface area (TPSA) is 208 Å². The van der Waals surface area contributed by atoms with Crippen LogP contribution in [0.15, 0.2) is 0 Å². The summed E-state index contributed by atoms with van der Waals surface area (Å²) < 4.78 is 0.625. The third-order valence-electron chi connectivity index (χ3n) is 1.97. The normalized spacial score (nSPS) is 10.8. The van der Waals surface area contributed by atoms with E-state index in [1.165, 1.54) is 94.4 Å². The second-order valence-corrected chi connectivity index (χ2v) is 25.0. The third-order valence-corrected chi connectivity index (χ3v) is 22.3. The van der Waals surface area contributed by atoms with Crippen LogP contribution in [0.2, 0.25) is 0 Å². The molecule has 0 bridgehead atoms. The van der Waals surface area contributed by atoms with Crippen LogP contribution in [0.25, 0.3) is 0 Å². The van der Waals surface area contributed by atoms with Gasteiger partial charge in [0.25, 0.3) is 0 Å². The first-order valence-corrected chi connectivity index (χ1v) is 19.9. The summed E-state index contributed by atoms with van der Waals surface area (Å²) in [5.41, 5.74) is 0. The first-order chi connectivity index (χ1) is 13.0. The van der Waals surface area contributed by atoms with E-state index in [-0.39, 0.29) is 45.2 Å². The van der Waals surface area contributed by atoms with Crippen molar-refractivity contribution in [1.29, 1.82) is 0 Å². The maximum absolute atomic E-state index is 5.75. The van der Waals surface area contributed by atoms with Crippen molar-refractivity contribution in [3.63, 3.8) is 0 Å². The molecule has 0 amide bonds. The summed E-state index contributed by atoms with van der Waals surface area (Å²) in [5, 5.41) is 46.0. The Balaban J connectivity index is 5.24. The van der Waals surface area contributed by atoms with E-state index in [9.17, 15) is 0 Å². The summed E-state index contributed by atoms with van der Waals surface area (Å²) in [4.78, 5) is 0. The van der Waals surface area contributed by atoms with Crippen molar-refractivity contribution in [3.8, 4) is 0 Å². The molecule has 0 unspecified atom stereocenters. The summed E-state index contributed by atoms with van der Waals surface area (Å²) in [5.74, 6) is 0. The van der Waals surface area contributed by atoms with Gasteiger partial charge in [-0.3, -0.25) is 0 Å². The van der Waals surface area contributed by atoms with Gasteiger partial charge in [-0.15, -0.1) is 0 Å². The van der Waals surface area contributed by atoms with E-state index < -0.39 is 0 Å². The molecule has 0 spiro atoms. The van der Waals surface area contributed by atoms with Crippen LogP contribution in [0.4, 0.5) is 0 Å². The van der Waals surface area contributed by atoms with Crippen molar-refractivity contribution < 1.29 is 20.8 Å². The maximum atomic E-state index is 5.75. The Bertz CT molecular complexity index is 279. The van der Waals surface area contributed by atoms with E-state index in [0.717, 1.165) is 0 Å². The average Bonchev–Trinajstić information content (AvgIpc) is 2.71. The summed E-state index contributed by atoms with van der Waals surface area (Å²) in [6, 6.07) is 0. The van der Waals surface area contributed by atoms with Crippen molar-refractivity contribution in [2.24, 2.45) is 41.1 Å². The van der Waals surface area contributed by atoms with Crippen molar-refractivity contribution in [2.75, 3.05) is 0 Å². The zero-order chi connectivity index (χ0) is 20.7. The molecule has 16 N–H and O–H groups in total. The van der Waals surface area contributed by atoms with Gasteiger partial charge in [0.2, 0.25) is 0 Å². The fraction of sp³-hybridized carbons (Fsp3) is 0. The standard InChI is InChI=1S/B6H16IN8S12/c8-20-3(21-9)16-1(17-4(22-10)23-11)7-2(18-5(24-12)25-13)19-6(26-14)27-15/h8-15H2/q-1. The molecule has 0 aliphatic heterocycles. The summed E-state index contributed by atoms with van der Waals surface area (Å²) in [6.45, 7) is 0. The van der Waals surface area contributed by atoms with Crippen LogP contribution in [0.3, 0.4) is 0 Å². The molecule has 0 aromatic rings. The quantitative estimate of drug-likeness (QED) is 0.0432. The number of hydrogen-bond donors (Lipinski definition) is 8. The Morgan fingerprint density at radius 2 is 0.556 bits per heavy atom. The van der Waals surface area contributed by atoms with Crippen LogP contribution in [-0.2, 0) is 0 Å². The summed E-state index contributed by atoms with van der Waals surface area (Å²) >= 11 is 16.4. The van der Waals surface area contributed by atoms with Crippen LogP contribution in [0.1, 0.15) is 0 Å². The predicted molar refractivity (Wildman–Crippen MR) is 159 cm³/mol. The average molecular weight is 705 g/mol. The van der Waals surface area contributed by atoms with Gasteiger partial charge in [0.1, 0.15) is 0 Å². The van der Waals surface area contributed by atoms with Gasteiger partial charge >= 0.3 is 227 Å². The third kappa shape index (κ3) is 15.5. The van der Waals surface area contributed by atoms with Crippen LogP contribution < -0.4 is 61.9 Å². The molecule has 27 heavy (non-hydrogen) atoms. The molecule has 0 saturated carbocycles. The van der Waals surface area contributed by atoms with Crippen LogP contribution >= 0.6 is 140 Å². The van der Waals surface area contributed by atoms with E-state index in [0.29, 0.717) is 0 Å². The summed E-state index contributed by atoms with van der Waals surface area (Å²) in [7, 11) is 0. The van der Waals surface area contributed by atoms with Crippen LogP contribution in [0, 0.1) is 0 Å². The molecule has 0 heterocycles. The van der Waals surface area contributed by atoms with Crippen LogP contribution in [-0.4, -0.2) is 24.4 Å². The van der Waals surface area contributed by atoms with E-state index in [4.69, 9.17) is 41.1 Å². The van der Waals surface area contributed by atoms with Gasteiger partial charge in [0, 0.05) is 0 Å². The molecule has 154 valence electrons. The Labute approximate surface area is 223 Å². The van der Waals surface area contributed by atoms with Crippen molar-refractivity contribution in [2.45, 2.75) is 0 Å². The van der Waals surface area contributed by atoms with Gasteiger partial charge in [-0.05, 0) is 0 Å². The number of nitrogens with two attached hydrogens (primary N) is 8. The van der Waals surface area contributed by atoms with Gasteiger partial charge in [0.15, 0.2) is 0 Å². The number of hydrogen-bond acceptors (Lipinski definition) is 20. The zero-order valence-corrected chi connectivity index (χ0v) is 25.3. The second-order valence-electron chi connectivity index (χ2n) is 3.46. The number of rotatable bonds is 18. The van der Waals surface area contributed by atoms with Crippen molar-refractivity contribution in [3.05, 3.63) is 0 Å². The second kappa shape index (κ2) is 21.5. The molecule has 27 heteroatoms. The molecule has 0 atom stereocenters. The Morgan fingerprint density at radius 3 is 0.704 bits per heavy atom. The minimum absolute atomic E-state index is 0.0242. The Kier molecular flexibility index (Phi) is 25.5. The molecule has 0 aliphatic carbocycles. The minimum atomic E-state index is -0.390. The Hall–Kier alpha value is 5.00. The molecule has 0 radical (unpaired) electrons. The Morgan fingerprint density at radius 1 is 0.370 bits per heavy atom. The molecular weight excluding hydrogens is 689 g/mol. The van der Waals surface area contributed by atoms with Gasteiger partial charge in [-0.2, -0.15) is 0 Å². The monoisotopic (exact) mass is 705 g/mol. The van der Waals surface area contributed by atoms with Gasteiger partial charge in [-0.1, -0.05) is 0 Å². The summed E-state index contributed by atoms with van der Waals surface area (Å²) in [6.07, 6.45) is 0. The van der Waals surface area contributed by atoms with Gasteiger partial charge in [-0.25, -0.2) is 0 Å². The first kappa shape index (κ1) is 32.0.